The molecule has 1 heterocycles. The zero-order valence-corrected chi connectivity index (χ0v) is 11.8. The predicted octanol–water partition coefficient (Wildman–Crippen LogP) is 2.71. The zero-order valence-electron chi connectivity index (χ0n) is 11.8. The van der Waals surface area contributed by atoms with Crippen molar-refractivity contribution in [2.75, 3.05) is 16.8 Å². The Balaban J connectivity index is 1.85. The van der Waals surface area contributed by atoms with Gasteiger partial charge in [0.1, 0.15) is 5.82 Å². The highest BCUT2D eigenvalue weighted by Crippen LogP contribution is 2.23. The van der Waals surface area contributed by atoms with Crippen molar-refractivity contribution in [3.8, 4) is 0 Å². The smallest absolute Gasteiger partial charge is 0.222 e. The molecule has 0 aliphatic carbocycles. The van der Waals surface area contributed by atoms with Crippen molar-refractivity contribution in [2.45, 2.75) is 13.5 Å². The Morgan fingerprint density at radius 3 is 2.71 bits per heavy atom. The Hall–Kier alpha value is -2.82. The number of nitrogens with one attached hydrogen (secondary N) is 1. The first-order valence-electron chi connectivity index (χ1n) is 6.74. The van der Waals surface area contributed by atoms with E-state index in [4.69, 9.17) is 11.5 Å². The molecule has 0 saturated carbocycles. The summed E-state index contributed by atoms with van der Waals surface area (Å²) in [4.78, 5) is 8.16. The maximum absolute atomic E-state index is 5.89. The summed E-state index contributed by atoms with van der Waals surface area (Å²) in [6, 6.07) is 14.2. The summed E-state index contributed by atoms with van der Waals surface area (Å²) in [6.07, 6.45) is 0. The van der Waals surface area contributed by atoms with E-state index in [-0.39, 0.29) is 5.95 Å². The van der Waals surface area contributed by atoms with Gasteiger partial charge in [-0.1, -0.05) is 29.8 Å². The largest absolute Gasteiger partial charge is 0.383 e. The summed E-state index contributed by atoms with van der Waals surface area (Å²) >= 11 is 0. The molecule has 0 spiro atoms. The van der Waals surface area contributed by atoms with Crippen molar-refractivity contribution >= 4 is 28.4 Å². The second kappa shape index (κ2) is 5.28. The van der Waals surface area contributed by atoms with Gasteiger partial charge in [0, 0.05) is 17.6 Å². The summed E-state index contributed by atoms with van der Waals surface area (Å²) in [5, 5.41) is 4.18. The summed E-state index contributed by atoms with van der Waals surface area (Å²) in [7, 11) is 0. The van der Waals surface area contributed by atoms with Gasteiger partial charge in [-0.2, -0.15) is 4.98 Å². The first-order valence-corrected chi connectivity index (χ1v) is 6.74. The number of nitrogens with two attached hydrogens (primary N) is 2. The van der Waals surface area contributed by atoms with E-state index in [1.807, 2.05) is 18.2 Å². The monoisotopic (exact) mass is 279 g/mol. The van der Waals surface area contributed by atoms with E-state index < -0.39 is 0 Å². The molecule has 106 valence electrons. The molecule has 3 rings (SSSR count). The Morgan fingerprint density at radius 1 is 1.05 bits per heavy atom. The minimum Gasteiger partial charge on any atom is -0.383 e. The van der Waals surface area contributed by atoms with Crippen molar-refractivity contribution in [1.82, 2.24) is 9.97 Å². The van der Waals surface area contributed by atoms with Crippen LogP contribution in [0.5, 0.6) is 0 Å². The Bertz CT molecular complexity index is 798. The van der Waals surface area contributed by atoms with Crippen molar-refractivity contribution in [3.05, 3.63) is 53.6 Å². The third-order valence-corrected chi connectivity index (χ3v) is 3.32. The maximum Gasteiger partial charge on any atom is 0.222 e. The second-order valence-corrected chi connectivity index (χ2v) is 5.04. The predicted molar refractivity (Wildman–Crippen MR) is 86.9 cm³/mol. The van der Waals surface area contributed by atoms with Gasteiger partial charge in [-0.15, -0.1) is 0 Å². The molecule has 0 saturated heterocycles. The van der Waals surface area contributed by atoms with Crippen LogP contribution in [-0.4, -0.2) is 9.97 Å². The van der Waals surface area contributed by atoms with E-state index >= 15 is 0 Å². The van der Waals surface area contributed by atoms with Crippen LogP contribution in [-0.2, 0) is 6.54 Å². The van der Waals surface area contributed by atoms with Gasteiger partial charge in [-0.25, -0.2) is 4.98 Å². The fourth-order valence-corrected chi connectivity index (χ4v) is 2.31. The molecule has 5 heteroatoms. The van der Waals surface area contributed by atoms with Gasteiger partial charge in [0.15, 0.2) is 0 Å². The SMILES string of the molecule is Cc1cccc(CNc2ccc3nc(N)nc(N)c3c2)c1. The van der Waals surface area contributed by atoms with E-state index in [1.165, 1.54) is 11.1 Å². The molecule has 3 aromatic rings. The summed E-state index contributed by atoms with van der Waals surface area (Å²) in [5.74, 6) is 0.595. The van der Waals surface area contributed by atoms with Crippen LogP contribution in [0.2, 0.25) is 0 Å². The van der Waals surface area contributed by atoms with E-state index in [9.17, 15) is 0 Å². The number of aryl methyl sites for hydroxylation is 1. The topological polar surface area (TPSA) is 89.8 Å². The second-order valence-electron chi connectivity index (χ2n) is 5.04. The first-order chi connectivity index (χ1) is 10.1. The average molecular weight is 279 g/mol. The van der Waals surface area contributed by atoms with Crippen LogP contribution in [0, 0.1) is 6.92 Å². The van der Waals surface area contributed by atoms with Crippen molar-refractivity contribution in [1.29, 1.82) is 0 Å². The average Bonchev–Trinajstić information content (AvgIpc) is 2.45. The zero-order chi connectivity index (χ0) is 14.8. The maximum atomic E-state index is 5.89. The number of hydrogen-bond donors (Lipinski definition) is 3. The molecule has 5 nitrogen and oxygen atoms in total. The summed E-state index contributed by atoms with van der Waals surface area (Å²) in [6.45, 7) is 2.84. The number of aromatic nitrogens is 2. The Kier molecular flexibility index (Phi) is 3.31. The third kappa shape index (κ3) is 2.86. The fourth-order valence-electron chi connectivity index (χ4n) is 2.31. The van der Waals surface area contributed by atoms with E-state index in [2.05, 4.69) is 46.5 Å². The summed E-state index contributed by atoms with van der Waals surface area (Å²) in [5.41, 5.74) is 15.7. The minimum atomic E-state index is 0.195. The minimum absolute atomic E-state index is 0.195. The Morgan fingerprint density at radius 2 is 1.90 bits per heavy atom. The van der Waals surface area contributed by atoms with E-state index in [1.54, 1.807) is 0 Å². The van der Waals surface area contributed by atoms with Crippen LogP contribution in [0.15, 0.2) is 42.5 Å². The quantitative estimate of drug-likeness (QED) is 0.686. The Labute approximate surface area is 123 Å². The van der Waals surface area contributed by atoms with Crippen LogP contribution in [0.4, 0.5) is 17.5 Å². The molecule has 0 atom stereocenters. The highest BCUT2D eigenvalue weighted by Gasteiger charge is 2.04. The molecule has 0 aliphatic heterocycles. The van der Waals surface area contributed by atoms with Gasteiger partial charge in [-0.3, -0.25) is 0 Å². The van der Waals surface area contributed by atoms with Gasteiger partial charge >= 0.3 is 0 Å². The number of benzene rings is 2. The van der Waals surface area contributed by atoms with Crippen molar-refractivity contribution in [3.63, 3.8) is 0 Å². The van der Waals surface area contributed by atoms with Crippen LogP contribution >= 0.6 is 0 Å². The van der Waals surface area contributed by atoms with Gasteiger partial charge in [-0.05, 0) is 30.7 Å². The lowest BCUT2D eigenvalue weighted by Gasteiger charge is -2.09. The van der Waals surface area contributed by atoms with Crippen molar-refractivity contribution in [2.24, 2.45) is 0 Å². The van der Waals surface area contributed by atoms with Gasteiger partial charge in [0.2, 0.25) is 5.95 Å². The molecular formula is C16H17N5. The molecule has 0 unspecified atom stereocenters. The molecule has 0 aliphatic rings. The van der Waals surface area contributed by atoms with Crippen LogP contribution < -0.4 is 16.8 Å². The fraction of sp³-hybridized carbons (Fsp3) is 0.125. The highest BCUT2D eigenvalue weighted by atomic mass is 15.0. The lowest BCUT2D eigenvalue weighted by atomic mass is 10.1. The first kappa shape index (κ1) is 13.2. The molecule has 5 N–H and O–H groups in total. The molecule has 0 amide bonds. The van der Waals surface area contributed by atoms with Gasteiger partial charge in [0.05, 0.1) is 5.52 Å². The number of anilines is 3. The molecule has 0 bridgehead atoms. The number of fused-ring (bicyclic) bond motifs is 1. The van der Waals surface area contributed by atoms with E-state index in [0.29, 0.717) is 5.82 Å². The lowest BCUT2D eigenvalue weighted by Crippen LogP contribution is -2.02. The molecule has 0 fully saturated rings. The molecule has 2 aromatic carbocycles. The number of nitrogen functional groups attached to an aromatic ring is 2. The molecule has 0 radical (unpaired) electrons. The van der Waals surface area contributed by atoms with E-state index in [0.717, 1.165) is 23.1 Å². The molecule has 1 aromatic heterocycles. The van der Waals surface area contributed by atoms with Crippen molar-refractivity contribution < 1.29 is 0 Å². The summed E-state index contributed by atoms with van der Waals surface area (Å²) < 4.78 is 0. The normalized spacial score (nSPS) is 10.7. The molecular weight excluding hydrogens is 262 g/mol. The highest BCUT2D eigenvalue weighted by molar-refractivity contribution is 5.91. The van der Waals surface area contributed by atoms with Gasteiger partial charge in [0.25, 0.3) is 0 Å². The van der Waals surface area contributed by atoms with Gasteiger partial charge < -0.3 is 16.8 Å². The number of nitrogens with zero attached hydrogens (tertiary/aromatic N) is 2. The third-order valence-electron chi connectivity index (χ3n) is 3.32. The molecule has 21 heavy (non-hydrogen) atoms. The van der Waals surface area contributed by atoms with Crippen LogP contribution in [0.3, 0.4) is 0 Å². The lowest BCUT2D eigenvalue weighted by molar-refractivity contribution is 1.14. The van der Waals surface area contributed by atoms with Crippen LogP contribution in [0.1, 0.15) is 11.1 Å². The van der Waals surface area contributed by atoms with Crippen LogP contribution in [0.25, 0.3) is 10.9 Å². The standard InChI is InChI=1S/C16H17N5/c1-10-3-2-4-11(7-10)9-19-12-5-6-14-13(8-12)15(17)21-16(18)20-14/h2-8,19H,9H2,1H3,(H4,17,18,20,21). The number of hydrogen-bond acceptors (Lipinski definition) is 5. The number of rotatable bonds is 3.